The second-order valence-corrected chi connectivity index (χ2v) is 13.9. The number of amides is 2. The fourth-order valence-corrected chi connectivity index (χ4v) is 6.58. The number of anilines is 1. The van der Waals surface area contributed by atoms with Crippen molar-refractivity contribution in [2.45, 2.75) is 85.1 Å². The molecule has 5 rings (SSSR count). The summed E-state index contributed by atoms with van der Waals surface area (Å²) in [6.45, 7) is 12.1. The number of rotatable bonds is 17. The van der Waals surface area contributed by atoms with Crippen LogP contribution in [0.5, 0.6) is 0 Å². The first-order valence-electron chi connectivity index (χ1n) is 18.4. The summed E-state index contributed by atoms with van der Waals surface area (Å²) in [5.41, 5.74) is 9.55. The van der Waals surface area contributed by atoms with Crippen LogP contribution in [0.15, 0.2) is 48.7 Å². The van der Waals surface area contributed by atoms with E-state index in [0.29, 0.717) is 13.1 Å². The number of pyridine rings is 1. The molecule has 0 radical (unpaired) electrons. The van der Waals surface area contributed by atoms with Crippen molar-refractivity contribution in [3.8, 4) is 11.1 Å². The lowest BCUT2D eigenvalue weighted by atomic mass is 9.96. The number of fused-ring (bicyclic) bond motifs is 1. The third kappa shape index (κ3) is 10.4. The molecule has 0 aliphatic carbocycles. The molecular formula is C40H56N8O3. The number of nitrogens with one attached hydrogen (secondary N) is 3. The maximum Gasteiger partial charge on any atom is 0.220 e. The minimum Gasteiger partial charge on any atom is -0.381 e. The molecule has 2 aromatic carbocycles. The number of benzene rings is 2. The Labute approximate surface area is 303 Å². The van der Waals surface area contributed by atoms with E-state index in [1.807, 2.05) is 10.9 Å². The first-order valence-corrected chi connectivity index (χ1v) is 18.4. The molecule has 0 spiro atoms. The van der Waals surface area contributed by atoms with Gasteiger partial charge in [0.1, 0.15) is 0 Å². The molecule has 1 aliphatic heterocycles. The first kappa shape index (κ1) is 37.9. The maximum absolute atomic E-state index is 13.0. The number of likely N-dealkylation sites (N-methyl/N-ethyl adjacent to an activating group) is 2. The van der Waals surface area contributed by atoms with Crippen LogP contribution in [0.3, 0.4) is 0 Å². The Balaban J connectivity index is 1.16. The standard InChI is InChI=1S/C40H56N8O3/c1-7-36-34(39(44-32-16-20-51-21-17-32)35-26-43-48(8-2)40(35)45-36)25-42-38(50)15-14-37(49)41-24-29-13-12-28(3)33(23-29)31-11-9-10-30(22-31)27-47(6)19-18-46(4)5/h9-13,22-23,26,32H,7-8,14-21,24-25,27H2,1-6H3,(H,41,49)(H,42,50)(H,44,45). The summed E-state index contributed by atoms with van der Waals surface area (Å²) in [6.07, 6.45) is 4.64. The van der Waals surface area contributed by atoms with Crippen LogP contribution in [0.1, 0.15) is 67.5 Å². The fourth-order valence-electron chi connectivity index (χ4n) is 6.58. The van der Waals surface area contributed by atoms with Crippen molar-refractivity contribution >= 4 is 28.5 Å². The molecule has 51 heavy (non-hydrogen) atoms. The summed E-state index contributed by atoms with van der Waals surface area (Å²) in [4.78, 5) is 35.4. The van der Waals surface area contributed by atoms with Crippen molar-refractivity contribution in [1.82, 2.24) is 35.2 Å². The number of ether oxygens (including phenoxy) is 1. The molecule has 11 heteroatoms. The zero-order valence-electron chi connectivity index (χ0n) is 31.3. The third-order valence-electron chi connectivity index (χ3n) is 9.63. The third-order valence-corrected chi connectivity index (χ3v) is 9.63. The normalized spacial score (nSPS) is 13.6. The van der Waals surface area contributed by atoms with E-state index in [0.717, 1.165) is 97.8 Å². The molecule has 0 bridgehead atoms. The van der Waals surface area contributed by atoms with Gasteiger partial charge in [-0.1, -0.05) is 37.3 Å². The number of nitrogens with zero attached hydrogens (tertiary/aromatic N) is 5. The molecule has 2 aromatic heterocycles. The van der Waals surface area contributed by atoms with Crippen molar-refractivity contribution < 1.29 is 14.3 Å². The Morgan fingerprint density at radius 3 is 2.39 bits per heavy atom. The molecule has 11 nitrogen and oxygen atoms in total. The summed E-state index contributed by atoms with van der Waals surface area (Å²) in [5.74, 6) is -0.320. The number of carbonyl (C=O) groups excluding carboxylic acids is 2. The lowest BCUT2D eigenvalue weighted by Gasteiger charge is -2.26. The highest BCUT2D eigenvalue weighted by atomic mass is 16.5. The molecule has 0 saturated carbocycles. The van der Waals surface area contributed by atoms with Gasteiger partial charge in [0.05, 0.1) is 17.3 Å². The lowest BCUT2D eigenvalue weighted by molar-refractivity contribution is -0.126. The Bertz CT molecular complexity index is 1780. The van der Waals surface area contributed by atoms with E-state index in [1.54, 1.807) is 0 Å². The van der Waals surface area contributed by atoms with Crippen molar-refractivity contribution in [1.29, 1.82) is 0 Å². The number of hydrogen-bond acceptors (Lipinski definition) is 8. The number of carbonyl (C=O) groups is 2. The molecule has 1 saturated heterocycles. The van der Waals surface area contributed by atoms with E-state index in [9.17, 15) is 9.59 Å². The fraction of sp³-hybridized carbons (Fsp3) is 0.500. The summed E-state index contributed by atoms with van der Waals surface area (Å²) >= 11 is 0. The van der Waals surface area contributed by atoms with Crippen LogP contribution in [0.25, 0.3) is 22.2 Å². The monoisotopic (exact) mass is 696 g/mol. The van der Waals surface area contributed by atoms with Crippen LogP contribution in [0, 0.1) is 6.92 Å². The van der Waals surface area contributed by atoms with Crippen molar-refractivity contribution in [3.05, 3.63) is 76.6 Å². The van der Waals surface area contributed by atoms with E-state index in [1.165, 1.54) is 16.7 Å². The summed E-state index contributed by atoms with van der Waals surface area (Å²) in [5, 5.41) is 15.4. The highest BCUT2D eigenvalue weighted by Gasteiger charge is 2.22. The second-order valence-electron chi connectivity index (χ2n) is 13.9. The highest BCUT2D eigenvalue weighted by Crippen LogP contribution is 2.31. The van der Waals surface area contributed by atoms with E-state index < -0.39 is 0 Å². The van der Waals surface area contributed by atoms with Crippen LogP contribution < -0.4 is 16.0 Å². The van der Waals surface area contributed by atoms with Gasteiger partial charge in [-0.05, 0) is 94.2 Å². The minimum absolute atomic E-state index is 0.106. The quantitative estimate of drug-likeness (QED) is 0.137. The SMILES string of the molecule is CCc1nc2c(cnn2CC)c(NC2CCOCC2)c1CNC(=O)CCC(=O)NCc1ccc(C)c(-c2cccc(CN(C)CCN(C)C)c2)c1. The van der Waals surface area contributed by atoms with Gasteiger partial charge in [-0.15, -0.1) is 0 Å². The first-order chi connectivity index (χ1) is 24.6. The second kappa shape index (κ2) is 18.3. The van der Waals surface area contributed by atoms with Gasteiger partial charge in [-0.25, -0.2) is 9.67 Å². The molecule has 2 amide bonds. The van der Waals surface area contributed by atoms with Crippen LogP contribution >= 0.6 is 0 Å². The van der Waals surface area contributed by atoms with Crippen LogP contribution in [0.4, 0.5) is 5.69 Å². The van der Waals surface area contributed by atoms with E-state index in [-0.39, 0.29) is 30.7 Å². The van der Waals surface area contributed by atoms with Gasteiger partial charge < -0.3 is 30.5 Å². The average Bonchev–Trinajstić information content (AvgIpc) is 3.55. The van der Waals surface area contributed by atoms with Gasteiger partial charge in [0.25, 0.3) is 0 Å². The van der Waals surface area contributed by atoms with Gasteiger partial charge >= 0.3 is 0 Å². The van der Waals surface area contributed by atoms with E-state index in [2.05, 4.69) is 115 Å². The predicted molar refractivity (Wildman–Crippen MR) is 204 cm³/mol. The molecule has 1 fully saturated rings. The van der Waals surface area contributed by atoms with Gasteiger partial charge in [0.15, 0.2) is 5.65 Å². The van der Waals surface area contributed by atoms with Crippen LogP contribution in [0.2, 0.25) is 0 Å². The molecule has 4 aromatic rings. The average molecular weight is 697 g/mol. The number of hydrogen-bond donors (Lipinski definition) is 3. The molecule has 0 atom stereocenters. The van der Waals surface area contributed by atoms with Crippen LogP contribution in [-0.4, -0.2) is 89.9 Å². The minimum atomic E-state index is -0.168. The summed E-state index contributed by atoms with van der Waals surface area (Å²) < 4.78 is 7.49. The topological polar surface area (TPSA) is 117 Å². The van der Waals surface area contributed by atoms with E-state index in [4.69, 9.17) is 9.72 Å². The van der Waals surface area contributed by atoms with Crippen LogP contribution in [-0.2, 0) is 46.9 Å². The zero-order valence-corrected chi connectivity index (χ0v) is 31.3. The Morgan fingerprint density at radius 1 is 0.941 bits per heavy atom. The maximum atomic E-state index is 13.0. The summed E-state index contributed by atoms with van der Waals surface area (Å²) in [6, 6.07) is 15.3. The van der Waals surface area contributed by atoms with Crippen molar-refractivity contribution in [2.24, 2.45) is 0 Å². The number of aryl methyl sites for hydroxylation is 3. The molecule has 3 heterocycles. The zero-order chi connectivity index (χ0) is 36.3. The van der Waals surface area contributed by atoms with Crippen molar-refractivity contribution in [3.63, 3.8) is 0 Å². The van der Waals surface area contributed by atoms with E-state index >= 15 is 0 Å². The molecule has 274 valence electrons. The van der Waals surface area contributed by atoms with Gasteiger partial charge in [-0.2, -0.15) is 5.10 Å². The van der Waals surface area contributed by atoms with Gasteiger partial charge in [0, 0.05) is 82.6 Å². The largest absolute Gasteiger partial charge is 0.381 e. The Morgan fingerprint density at radius 2 is 1.69 bits per heavy atom. The molecule has 1 aliphatic rings. The highest BCUT2D eigenvalue weighted by molar-refractivity contribution is 5.92. The Kier molecular flexibility index (Phi) is 13.6. The smallest absolute Gasteiger partial charge is 0.220 e. The predicted octanol–water partition coefficient (Wildman–Crippen LogP) is 5.29. The summed E-state index contributed by atoms with van der Waals surface area (Å²) in [7, 11) is 6.34. The Hall–Kier alpha value is -4.32. The lowest BCUT2D eigenvalue weighted by Crippen LogP contribution is -2.30. The van der Waals surface area contributed by atoms with Gasteiger partial charge in [0.2, 0.25) is 11.8 Å². The molecule has 0 unspecified atom stereocenters. The van der Waals surface area contributed by atoms with Gasteiger partial charge in [-0.3, -0.25) is 9.59 Å². The molecular weight excluding hydrogens is 640 g/mol. The number of aromatic nitrogens is 3. The molecule has 3 N–H and O–H groups in total. The van der Waals surface area contributed by atoms with Crippen molar-refractivity contribution in [2.75, 3.05) is 52.8 Å².